The highest BCUT2D eigenvalue weighted by Gasteiger charge is 2.47. The van der Waals surface area contributed by atoms with Crippen molar-refractivity contribution in [3.8, 4) is 0 Å². The summed E-state index contributed by atoms with van der Waals surface area (Å²) >= 11 is 0. The Kier molecular flexibility index (Phi) is 6.97. The van der Waals surface area contributed by atoms with Crippen LogP contribution in [0, 0.1) is 0 Å². The van der Waals surface area contributed by atoms with Gasteiger partial charge in [-0.1, -0.05) is 30.3 Å². The molecule has 1 rings (SSSR count). The monoisotopic (exact) mass is 309 g/mol. The number of carboxylic acid groups (broad SMARTS) is 1. The van der Waals surface area contributed by atoms with Gasteiger partial charge in [-0.05, 0) is 5.56 Å². The van der Waals surface area contributed by atoms with E-state index in [4.69, 9.17) is 19.6 Å². The average molecular weight is 309 g/mol. The Labute approximate surface area is 114 Å². The number of ether oxygens (including phenoxy) is 1. The summed E-state index contributed by atoms with van der Waals surface area (Å²) in [6, 6.07) is 8.34. The summed E-state index contributed by atoms with van der Waals surface area (Å²) in [5.41, 5.74) is -2.48. The maximum Gasteiger partial charge on any atom is 0.401 e. The second kappa shape index (κ2) is 7.46. The van der Waals surface area contributed by atoms with Crippen molar-refractivity contribution in [3.63, 3.8) is 0 Å². The Morgan fingerprint density at radius 1 is 1.30 bits per heavy atom. The molecule has 0 aliphatic heterocycles. The van der Waals surface area contributed by atoms with Crippen LogP contribution >= 0.6 is 7.60 Å². The Balaban J connectivity index is 0.00000361. The topological polar surface area (TPSA) is 168 Å². The molecule has 0 spiro atoms. The predicted octanol–water partition coefficient (Wildman–Crippen LogP) is -1.17. The van der Waals surface area contributed by atoms with Gasteiger partial charge in [0, 0.05) is 0 Å². The largest absolute Gasteiger partial charge is 0.480 e. The minimum Gasteiger partial charge on any atom is -0.480 e. The van der Waals surface area contributed by atoms with Gasteiger partial charge in [-0.3, -0.25) is 9.36 Å². The number of hydrogen-bond donors (Lipinski definition) is 5. The molecule has 0 heterocycles. The van der Waals surface area contributed by atoms with E-state index < -0.39 is 25.8 Å². The minimum atomic E-state index is -5.12. The Morgan fingerprint density at radius 3 is 2.30 bits per heavy atom. The number of aliphatic hydroxyl groups is 1. The molecule has 1 unspecified atom stereocenters. The van der Waals surface area contributed by atoms with Gasteiger partial charge in [0.15, 0.2) is 0 Å². The molecule has 1 aromatic carbocycles. The molecule has 1 aromatic rings. The average Bonchev–Trinajstić information content (AvgIpc) is 2.34. The molecule has 0 aliphatic carbocycles. The zero-order chi connectivity index (χ0) is 14.5. The van der Waals surface area contributed by atoms with Crippen LogP contribution in [0.15, 0.2) is 30.3 Å². The zero-order valence-electron chi connectivity index (χ0n) is 10.3. The molecule has 1 atom stereocenters. The van der Waals surface area contributed by atoms with E-state index in [1.54, 1.807) is 35.6 Å². The van der Waals surface area contributed by atoms with Crippen molar-refractivity contribution in [2.75, 3.05) is 6.54 Å². The fraction of sp³-hybridized carbons (Fsp3) is 0.300. The van der Waals surface area contributed by atoms with E-state index in [0.29, 0.717) is 5.56 Å². The lowest BCUT2D eigenvalue weighted by molar-refractivity contribution is -0.183. The predicted molar refractivity (Wildman–Crippen MR) is 67.5 cm³/mol. The van der Waals surface area contributed by atoms with E-state index >= 15 is 0 Å². The third-order valence-electron chi connectivity index (χ3n) is 2.15. The van der Waals surface area contributed by atoms with E-state index in [1.807, 2.05) is 0 Å². The summed E-state index contributed by atoms with van der Waals surface area (Å²) in [7, 11) is -5.12. The van der Waals surface area contributed by atoms with Gasteiger partial charge in [0.1, 0.15) is 0 Å². The van der Waals surface area contributed by atoms with E-state index in [2.05, 4.69) is 0 Å². The van der Waals surface area contributed by atoms with Crippen molar-refractivity contribution in [3.05, 3.63) is 35.9 Å². The number of benzene rings is 1. The number of hydrogen-bond acceptors (Lipinski definition) is 5. The molecular formula is C10H16NO8P. The smallest absolute Gasteiger partial charge is 0.401 e. The van der Waals surface area contributed by atoms with Crippen LogP contribution in [0.2, 0.25) is 0 Å². The Morgan fingerprint density at radius 2 is 1.85 bits per heavy atom. The van der Waals surface area contributed by atoms with E-state index in [-0.39, 0.29) is 12.1 Å². The van der Waals surface area contributed by atoms with Crippen molar-refractivity contribution < 1.29 is 39.6 Å². The summed E-state index contributed by atoms with van der Waals surface area (Å²) in [6.45, 7) is -1.16. The van der Waals surface area contributed by atoms with Crippen LogP contribution in [0.1, 0.15) is 5.56 Å². The van der Waals surface area contributed by atoms with E-state index in [0.717, 1.165) is 0 Å². The SMILES string of the molecule is O.O=C(O)CNC(O)(OCc1ccccc1)P(=O)(O)O. The highest BCUT2D eigenvalue weighted by atomic mass is 31.2. The fourth-order valence-electron chi connectivity index (χ4n) is 1.19. The third kappa shape index (κ3) is 5.35. The highest BCUT2D eigenvalue weighted by Crippen LogP contribution is 2.47. The molecule has 0 fully saturated rings. The van der Waals surface area contributed by atoms with Crippen molar-refractivity contribution in [1.82, 2.24) is 5.32 Å². The zero-order valence-corrected chi connectivity index (χ0v) is 11.2. The Bertz CT molecular complexity index is 475. The van der Waals surface area contributed by atoms with E-state index in [9.17, 15) is 14.5 Å². The quantitative estimate of drug-likeness (QED) is 0.310. The molecule has 9 nitrogen and oxygen atoms in total. The summed E-state index contributed by atoms with van der Waals surface area (Å²) in [4.78, 5) is 28.4. The van der Waals surface area contributed by atoms with Crippen LogP contribution in [0.3, 0.4) is 0 Å². The van der Waals surface area contributed by atoms with Gasteiger partial charge in [-0.2, -0.15) is 0 Å². The van der Waals surface area contributed by atoms with Gasteiger partial charge < -0.3 is 30.2 Å². The van der Waals surface area contributed by atoms with Gasteiger partial charge in [0.2, 0.25) is 0 Å². The van der Waals surface area contributed by atoms with Crippen LogP contribution in [-0.4, -0.2) is 43.6 Å². The van der Waals surface area contributed by atoms with Gasteiger partial charge in [0.05, 0.1) is 13.2 Å². The van der Waals surface area contributed by atoms with Crippen LogP contribution in [-0.2, 0) is 20.7 Å². The van der Waals surface area contributed by atoms with E-state index in [1.165, 1.54) is 0 Å². The molecule has 0 saturated heterocycles. The van der Waals surface area contributed by atoms with Crippen LogP contribution in [0.5, 0.6) is 0 Å². The molecule has 0 radical (unpaired) electrons. The van der Waals surface area contributed by atoms with Crippen molar-refractivity contribution in [2.24, 2.45) is 0 Å². The van der Waals surface area contributed by atoms with Gasteiger partial charge in [0.25, 0.3) is 0 Å². The lowest BCUT2D eigenvalue weighted by Crippen LogP contribution is -2.49. The second-order valence-corrected chi connectivity index (χ2v) is 5.37. The molecular weight excluding hydrogens is 293 g/mol. The molecule has 0 bridgehead atoms. The van der Waals surface area contributed by atoms with Crippen LogP contribution in [0.25, 0.3) is 0 Å². The molecule has 0 amide bonds. The summed E-state index contributed by atoms with van der Waals surface area (Å²) in [6.07, 6.45) is 0. The number of carboxylic acids is 1. The fourth-order valence-corrected chi connectivity index (χ4v) is 1.70. The molecule has 0 aromatic heterocycles. The normalized spacial score (nSPS) is 14.2. The Hall–Kier alpha value is -1.32. The maximum absolute atomic E-state index is 11.2. The van der Waals surface area contributed by atoms with Crippen LogP contribution < -0.4 is 5.32 Å². The molecule has 10 heteroatoms. The first-order valence-electron chi connectivity index (χ1n) is 5.17. The lowest BCUT2D eigenvalue weighted by atomic mass is 10.2. The van der Waals surface area contributed by atoms with Crippen molar-refractivity contribution >= 4 is 13.6 Å². The number of nitrogens with one attached hydrogen (secondary N) is 1. The van der Waals surface area contributed by atoms with Gasteiger partial charge in [-0.15, -0.1) is 0 Å². The van der Waals surface area contributed by atoms with Gasteiger partial charge in [-0.25, -0.2) is 5.32 Å². The van der Waals surface area contributed by atoms with Gasteiger partial charge >= 0.3 is 19.2 Å². The molecule has 114 valence electrons. The molecule has 0 aliphatic rings. The lowest BCUT2D eigenvalue weighted by Gasteiger charge is -2.28. The van der Waals surface area contributed by atoms with Crippen LogP contribution in [0.4, 0.5) is 0 Å². The minimum absolute atomic E-state index is 0. The van der Waals surface area contributed by atoms with Crippen molar-refractivity contribution in [2.45, 2.75) is 12.3 Å². The number of carbonyl (C=O) groups is 1. The second-order valence-electron chi connectivity index (χ2n) is 3.67. The third-order valence-corrected chi connectivity index (χ3v) is 3.22. The summed E-state index contributed by atoms with van der Waals surface area (Å²) in [5.74, 6) is -1.39. The molecule has 20 heavy (non-hydrogen) atoms. The maximum atomic E-state index is 11.2. The standard InChI is InChI=1S/C10H14NO7P.H2O/c12-9(13)6-11-10(14,19(15,16)17)18-7-8-4-2-1-3-5-8;/h1-5,11,14H,6-7H2,(H,12,13)(H2,15,16,17);1H2. The molecule has 7 N–H and O–H groups in total. The number of aliphatic carboxylic acids is 1. The number of rotatable bonds is 7. The summed E-state index contributed by atoms with van der Waals surface area (Å²) < 4.78 is 15.9. The first-order valence-corrected chi connectivity index (χ1v) is 6.78. The highest BCUT2D eigenvalue weighted by molar-refractivity contribution is 7.53. The molecule has 0 saturated carbocycles. The van der Waals surface area contributed by atoms with Crippen molar-refractivity contribution in [1.29, 1.82) is 0 Å². The summed E-state index contributed by atoms with van der Waals surface area (Å²) in [5, 5.41) is 19.9. The first kappa shape index (κ1) is 18.7. The first-order chi connectivity index (χ1) is 8.74.